The summed E-state index contributed by atoms with van der Waals surface area (Å²) in [5, 5.41) is 9.29. The molecule has 74 valence electrons. The Labute approximate surface area is 84.6 Å². The van der Waals surface area contributed by atoms with E-state index in [1.165, 1.54) is 0 Å². The number of allylic oxidation sites excluding steroid dienone is 1. The SMILES string of the molecule is C=C1CCC2CCCCC(=O)C12C#N. The second-order valence-electron chi connectivity index (χ2n) is 4.43. The summed E-state index contributed by atoms with van der Waals surface area (Å²) in [4.78, 5) is 12.0. The summed E-state index contributed by atoms with van der Waals surface area (Å²) in [6.45, 7) is 3.93. The van der Waals surface area contributed by atoms with E-state index in [9.17, 15) is 10.1 Å². The minimum atomic E-state index is -0.795. The summed E-state index contributed by atoms with van der Waals surface area (Å²) in [6.07, 6.45) is 5.49. The van der Waals surface area contributed by atoms with Crippen LogP contribution in [0.3, 0.4) is 0 Å². The number of Topliss-reactive ketones (excluding diaryl/α,β-unsaturated/α-hetero) is 1. The number of nitrogens with zero attached hydrogens (tertiary/aromatic N) is 1. The molecular weight excluding hydrogens is 174 g/mol. The summed E-state index contributed by atoms with van der Waals surface area (Å²) < 4.78 is 0. The van der Waals surface area contributed by atoms with Crippen molar-refractivity contribution in [3.05, 3.63) is 12.2 Å². The quantitative estimate of drug-likeness (QED) is 0.549. The third kappa shape index (κ3) is 1.05. The summed E-state index contributed by atoms with van der Waals surface area (Å²) in [7, 11) is 0. The van der Waals surface area contributed by atoms with E-state index in [0.717, 1.165) is 37.7 Å². The number of carbonyl (C=O) groups excluding carboxylic acids is 1. The molecule has 0 radical (unpaired) electrons. The highest BCUT2D eigenvalue weighted by atomic mass is 16.1. The maximum atomic E-state index is 12.0. The molecule has 0 aromatic rings. The van der Waals surface area contributed by atoms with Gasteiger partial charge in [0.25, 0.3) is 0 Å². The van der Waals surface area contributed by atoms with Gasteiger partial charge in [-0.25, -0.2) is 0 Å². The summed E-state index contributed by atoms with van der Waals surface area (Å²) in [5.41, 5.74) is 0.0770. The van der Waals surface area contributed by atoms with Crippen LogP contribution < -0.4 is 0 Å². The molecule has 2 rings (SSSR count). The van der Waals surface area contributed by atoms with Crippen LogP contribution in [0.25, 0.3) is 0 Å². The topological polar surface area (TPSA) is 40.9 Å². The van der Waals surface area contributed by atoms with Crippen molar-refractivity contribution in [3.8, 4) is 6.07 Å². The number of hydrogen-bond acceptors (Lipinski definition) is 2. The average Bonchev–Trinajstić information content (AvgIpc) is 2.40. The molecule has 2 aliphatic carbocycles. The van der Waals surface area contributed by atoms with Crippen molar-refractivity contribution in [1.29, 1.82) is 5.26 Å². The number of rotatable bonds is 0. The molecule has 0 amide bonds. The Bertz CT molecular complexity index is 326. The van der Waals surface area contributed by atoms with Gasteiger partial charge in [0.2, 0.25) is 0 Å². The Morgan fingerprint density at radius 2 is 2.14 bits per heavy atom. The van der Waals surface area contributed by atoms with Crippen LogP contribution >= 0.6 is 0 Å². The van der Waals surface area contributed by atoms with Gasteiger partial charge in [-0.1, -0.05) is 13.0 Å². The molecule has 0 aromatic carbocycles. The predicted octanol–water partition coefficient (Wildman–Crippen LogP) is 2.61. The lowest BCUT2D eigenvalue weighted by Gasteiger charge is -2.25. The van der Waals surface area contributed by atoms with E-state index >= 15 is 0 Å². The van der Waals surface area contributed by atoms with Crippen LogP contribution in [0.15, 0.2) is 12.2 Å². The third-order valence-corrected chi connectivity index (χ3v) is 3.79. The Kier molecular flexibility index (Phi) is 2.19. The van der Waals surface area contributed by atoms with E-state index in [4.69, 9.17) is 0 Å². The first kappa shape index (κ1) is 9.45. The van der Waals surface area contributed by atoms with Gasteiger partial charge in [0.05, 0.1) is 6.07 Å². The minimum absolute atomic E-state index is 0.130. The average molecular weight is 189 g/mol. The first-order valence-electron chi connectivity index (χ1n) is 5.34. The number of ketones is 1. The van der Waals surface area contributed by atoms with E-state index in [2.05, 4.69) is 12.6 Å². The van der Waals surface area contributed by atoms with E-state index in [1.807, 2.05) is 0 Å². The Morgan fingerprint density at radius 1 is 1.36 bits per heavy atom. The summed E-state index contributed by atoms with van der Waals surface area (Å²) >= 11 is 0. The van der Waals surface area contributed by atoms with Crippen LogP contribution in [0, 0.1) is 22.7 Å². The van der Waals surface area contributed by atoms with Gasteiger partial charge in [0.1, 0.15) is 5.41 Å². The number of fused-ring (bicyclic) bond motifs is 1. The van der Waals surface area contributed by atoms with Crippen LogP contribution in [0.4, 0.5) is 0 Å². The monoisotopic (exact) mass is 189 g/mol. The molecule has 0 spiro atoms. The normalized spacial score (nSPS) is 37.5. The lowest BCUT2D eigenvalue weighted by atomic mass is 9.72. The van der Waals surface area contributed by atoms with E-state index in [-0.39, 0.29) is 11.7 Å². The van der Waals surface area contributed by atoms with Gasteiger partial charge in [-0.2, -0.15) is 5.26 Å². The molecule has 2 unspecified atom stereocenters. The zero-order valence-corrected chi connectivity index (χ0v) is 8.38. The van der Waals surface area contributed by atoms with Crippen molar-refractivity contribution in [1.82, 2.24) is 0 Å². The van der Waals surface area contributed by atoms with Crippen molar-refractivity contribution in [2.75, 3.05) is 0 Å². The lowest BCUT2D eigenvalue weighted by molar-refractivity contribution is -0.125. The van der Waals surface area contributed by atoms with Crippen molar-refractivity contribution in [2.45, 2.75) is 38.5 Å². The fourth-order valence-corrected chi connectivity index (χ4v) is 2.94. The molecule has 2 aliphatic rings. The zero-order valence-electron chi connectivity index (χ0n) is 8.38. The fourth-order valence-electron chi connectivity index (χ4n) is 2.94. The molecule has 14 heavy (non-hydrogen) atoms. The van der Waals surface area contributed by atoms with Gasteiger partial charge in [-0.3, -0.25) is 4.79 Å². The molecule has 2 atom stereocenters. The molecule has 0 aliphatic heterocycles. The highest BCUT2D eigenvalue weighted by Gasteiger charge is 2.51. The second kappa shape index (κ2) is 3.24. The molecule has 0 heterocycles. The molecule has 2 saturated carbocycles. The van der Waals surface area contributed by atoms with Crippen LogP contribution in [-0.2, 0) is 4.79 Å². The fraction of sp³-hybridized carbons (Fsp3) is 0.667. The number of nitriles is 1. The Balaban J connectivity index is 2.45. The van der Waals surface area contributed by atoms with Crippen molar-refractivity contribution in [3.63, 3.8) is 0 Å². The van der Waals surface area contributed by atoms with Gasteiger partial charge in [0, 0.05) is 6.42 Å². The van der Waals surface area contributed by atoms with Crippen LogP contribution in [0.1, 0.15) is 38.5 Å². The second-order valence-corrected chi connectivity index (χ2v) is 4.43. The first-order chi connectivity index (χ1) is 6.71. The number of carbonyl (C=O) groups is 1. The molecule has 0 N–H and O–H groups in total. The highest BCUT2D eigenvalue weighted by molar-refractivity contribution is 5.91. The van der Waals surface area contributed by atoms with E-state index < -0.39 is 5.41 Å². The van der Waals surface area contributed by atoms with E-state index in [0.29, 0.717) is 6.42 Å². The predicted molar refractivity (Wildman–Crippen MR) is 53.4 cm³/mol. The van der Waals surface area contributed by atoms with Crippen molar-refractivity contribution in [2.24, 2.45) is 11.3 Å². The molecule has 0 saturated heterocycles. The van der Waals surface area contributed by atoms with Crippen molar-refractivity contribution >= 4 is 5.78 Å². The van der Waals surface area contributed by atoms with Gasteiger partial charge >= 0.3 is 0 Å². The maximum absolute atomic E-state index is 12.0. The Morgan fingerprint density at radius 3 is 2.86 bits per heavy atom. The lowest BCUT2D eigenvalue weighted by Crippen LogP contribution is -2.33. The molecular formula is C12H15NO. The highest BCUT2D eigenvalue weighted by Crippen LogP contribution is 2.51. The zero-order chi connectivity index (χ0) is 10.2. The third-order valence-electron chi connectivity index (χ3n) is 3.79. The molecule has 2 heteroatoms. The molecule has 2 nitrogen and oxygen atoms in total. The molecule has 2 fully saturated rings. The van der Waals surface area contributed by atoms with Gasteiger partial charge in [0.15, 0.2) is 5.78 Å². The van der Waals surface area contributed by atoms with E-state index in [1.54, 1.807) is 0 Å². The smallest absolute Gasteiger partial charge is 0.157 e. The summed E-state index contributed by atoms with van der Waals surface area (Å²) in [5.74, 6) is 0.389. The largest absolute Gasteiger partial charge is 0.298 e. The van der Waals surface area contributed by atoms with Gasteiger partial charge in [-0.15, -0.1) is 0 Å². The number of hydrogen-bond donors (Lipinski definition) is 0. The minimum Gasteiger partial charge on any atom is -0.298 e. The molecule has 0 bridgehead atoms. The van der Waals surface area contributed by atoms with Gasteiger partial charge < -0.3 is 0 Å². The van der Waals surface area contributed by atoms with Crippen LogP contribution in [0.5, 0.6) is 0 Å². The maximum Gasteiger partial charge on any atom is 0.157 e. The van der Waals surface area contributed by atoms with Crippen LogP contribution in [0.2, 0.25) is 0 Å². The Hall–Kier alpha value is -1.10. The van der Waals surface area contributed by atoms with Crippen LogP contribution in [-0.4, -0.2) is 5.78 Å². The summed E-state index contributed by atoms with van der Waals surface area (Å²) in [6, 6.07) is 2.27. The van der Waals surface area contributed by atoms with Gasteiger partial charge in [-0.05, 0) is 37.2 Å². The first-order valence-corrected chi connectivity index (χ1v) is 5.34. The van der Waals surface area contributed by atoms with Crippen molar-refractivity contribution < 1.29 is 4.79 Å². The standard InChI is InChI=1S/C12H15NO/c1-9-6-7-10-4-2-3-5-11(14)12(9,10)8-13/h10H,1-7H2. The molecule has 0 aromatic heterocycles.